The van der Waals surface area contributed by atoms with Gasteiger partial charge in [0.15, 0.2) is 5.79 Å². The van der Waals surface area contributed by atoms with Crippen molar-refractivity contribution in [2.24, 2.45) is 81.2 Å². The lowest BCUT2D eigenvalue weighted by molar-refractivity contribution is -0.433. The molecule has 5 saturated heterocycles. The summed E-state index contributed by atoms with van der Waals surface area (Å²) in [7, 11) is 0. The van der Waals surface area contributed by atoms with Crippen LogP contribution in [0.25, 0.3) is 0 Å². The highest BCUT2D eigenvalue weighted by atomic mass is 16.7. The zero-order valence-corrected chi connectivity index (χ0v) is 63.0. The zero-order valence-electron chi connectivity index (χ0n) is 63.0. The Morgan fingerprint density at radius 2 is 0.446 bits per heavy atom. The van der Waals surface area contributed by atoms with E-state index in [-0.39, 0.29) is 113 Å². The maximum absolute atomic E-state index is 10.8. The third kappa shape index (κ3) is 9.39. The highest BCUT2D eigenvalue weighted by Crippen LogP contribution is 2.75. The van der Waals surface area contributed by atoms with E-state index in [1.165, 1.54) is 0 Å². The lowest BCUT2D eigenvalue weighted by Crippen LogP contribution is -2.77. The molecule has 5 fully saturated rings. The Morgan fingerprint density at radius 3 is 0.771 bits per heavy atom. The Bertz CT molecular complexity index is 2340. The van der Waals surface area contributed by atoms with Crippen molar-refractivity contribution in [2.45, 2.75) is 353 Å². The van der Waals surface area contributed by atoms with E-state index in [1.54, 1.807) is 0 Å². The van der Waals surface area contributed by atoms with Crippen LogP contribution in [0.5, 0.6) is 0 Å². The summed E-state index contributed by atoms with van der Waals surface area (Å²) in [6.07, 6.45) is 0.700. The van der Waals surface area contributed by atoms with Crippen molar-refractivity contribution < 1.29 is 48.8 Å². The van der Waals surface area contributed by atoms with Crippen LogP contribution < -0.4 is 0 Å². The molecule has 0 amide bonds. The number of aliphatic hydroxyl groups excluding tert-OH is 4. The molecule has 0 aromatic carbocycles. The maximum atomic E-state index is 10.8. The molecule has 0 radical (unpaired) electrons. The first-order chi connectivity index (χ1) is 35.7. The summed E-state index contributed by atoms with van der Waals surface area (Å²) in [6, 6.07) is 0. The Hall–Kier alpha value is -0.400. The van der Waals surface area contributed by atoms with E-state index in [9.17, 15) is 20.4 Å². The monoisotopic (exact) mass is 1180 g/mol. The van der Waals surface area contributed by atoms with Crippen molar-refractivity contribution in [3.05, 3.63) is 0 Å². The van der Waals surface area contributed by atoms with Gasteiger partial charge in [0.2, 0.25) is 0 Å². The molecule has 0 spiro atoms. The fraction of sp³-hybridized carbons (Fsp3) is 1.00. The third-order valence-corrected chi connectivity index (χ3v) is 33.7. The molecule has 10 heteroatoms. The number of ether oxygens (including phenoxy) is 6. The van der Waals surface area contributed by atoms with Gasteiger partial charge in [-0.2, -0.15) is 0 Å². The van der Waals surface area contributed by atoms with Crippen LogP contribution in [0.4, 0.5) is 0 Å². The van der Waals surface area contributed by atoms with Crippen LogP contribution in [0.1, 0.15) is 297 Å². The summed E-state index contributed by atoms with van der Waals surface area (Å²) in [6.45, 7) is 94.2. The summed E-state index contributed by atoms with van der Waals surface area (Å²) >= 11 is 0. The Balaban J connectivity index is 0.000000344. The highest BCUT2D eigenvalue weighted by Gasteiger charge is 2.76. The fourth-order valence-electron chi connectivity index (χ4n) is 17.4. The molecule has 8 atom stereocenters. The van der Waals surface area contributed by atoms with E-state index in [0.717, 1.165) is 0 Å². The van der Waals surface area contributed by atoms with Gasteiger partial charge >= 0.3 is 0 Å². The number of rotatable bonds is 9. The van der Waals surface area contributed by atoms with Gasteiger partial charge in [-0.1, -0.05) is 201 Å². The minimum absolute atomic E-state index is 0.0232. The van der Waals surface area contributed by atoms with Gasteiger partial charge in [-0.3, -0.25) is 0 Å². The van der Waals surface area contributed by atoms with E-state index in [4.69, 9.17) is 28.4 Å². The first kappa shape index (κ1) is 76.8. The van der Waals surface area contributed by atoms with Crippen LogP contribution in [0, 0.1) is 81.2 Å². The first-order valence-electron chi connectivity index (χ1n) is 32.3. The molecule has 0 aliphatic carbocycles. The molecule has 10 nitrogen and oxygen atoms in total. The maximum Gasteiger partial charge on any atom is 0.172 e. The van der Waals surface area contributed by atoms with Crippen molar-refractivity contribution >= 4 is 0 Å². The van der Waals surface area contributed by atoms with Crippen molar-refractivity contribution in [3.8, 4) is 0 Å². The molecule has 0 bridgehead atoms. The average molecular weight is 1180 g/mol. The van der Waals surface area contributed by atoms with Gasteiger partial charge in [-0.25, -0.2) is 0 Å². The minimum Gasteiger partial charge on any atom is -0.393 e. The molecule has 5 aliphatic rings. The summed E-state index contributed by atoms with van der Waals surface area (Å²) in [5.41, 5.74) is -7.36. The van der Waals surface area contributed by atoms with Crippen LogP contribution in [0.3, 0.4) is 0 Å². The first-order valence-corrected chi connectivity index (χ1v) is 32.3. The molecule has 0 aromatic rings. The quantitative estimate of drug-likeness (QED) is 0.177. The van der Waals surface area contributed by atoms with Crippen LogP contribution in [-0.2, 0) is 28.4 Å². The number of aliphatic hydroxyl groups is 4. The Morgan fingerprint density at radius 1 is 0.217 bits per heavy atom. The van der Waals surface area contributed by atoms with E-state index in [0.29, 0.717) is 13.0 Å². The van der Waals surface area contributed by atoms with Crippen molar-refractivity contribution in [2.75, 3.05) is 33.0 Å². The summed E-state index contributed by atoms with van der Waals surface area (Å²) in [5.74, 6) is -0.910. The Labute approximate surface area is 514 Å². The van der Waals surface area contributed by atoms with Gasteiger partial charge in [0, 0.05) is 32.5 Å². The topological polar surface area (TPSA) is 136 Å². The van der Waals surface area contributed by atoms with Crippen LogP contribution in [0.15, 0.2) is 0 Å². The van der Waals surface area contributed by atoms with E-state index in [1.807, 2.05) is 13.8 Å². The SMILES string of the molecule is CC1(C)OC(C)(CO)C(C)(C)C(C)(C)C1(C)C.CC1(C)OC(C)(CO)[C@@](C)(C[C@@]2(C)OC(C)(CO)C(C)(C)C(C)(C)C2(C)C)C(C)(C)C1(C)C.CC1(C)OC(C)(CO[C@]2(C)OC(C)(CO)C(C)(C)C(C)(C)C2(C)C)C(C)(C)C(C)(C)C1(C)C. The highest BCUT2D eigenvalue weighted by molar-refractivity contribution is 5.24. The third-order valence-electron chi connectivity index (χ3n) is 33.7. The molecule has 5 heterocycles. The van der Waals surface area contributed by atoms with Crippen LogP contribution >= 0.6 is 0 Å². The summed E-state index contributed by atoms with van der Waals surface area (Å²) in [5, 5.41) is 41.7. The molecule has 494 valence electrons. The van der Waals surface area contributed by atoms with E-state index in [2.05, 4.69) is 277 Å². The molecule has 5 aliphatic heterocycles. The average Bonchev–Trinajstić information content (AvgIpc) is 3.30. The van der Waals surface area contributed by atoms with E-state index < -0.39 is 50.4 Å². The smallest absolute Gasteiger partial charge is 0.172 e. The van der Waals surface area contributed by atoms with Gasteiger partial charge in [0.05, 0.1) is 83.4 Å². The predicted octanol–water partition coefficient (Wildman–Crippen LogP) is 17.5. The second-order valence-corrected chi connectivity index (χ2v) is 38.6. The molecule has 4 N–H and O–H groups in total. The molecule has 5 unspecified atom stereocenters. The Kier molecular flexibility index (Phi) is 18.8. The molecular weight excluding hydrogens is 1040 g/mol. The largest absolute Gasteiger partial charge is 0.393 e. The molecule has 83 heavy (non-hydrogen) atoms. The second kappa shape index (κ2) is 20.3. The van der Waals surface area contributed by atoms with Crippen molar-refractivity contribution in [1.82, 2.24) is 0 Å². The summed E-state index contributed by atoms with van der Waals surface area (Å²) < 4.78 is 40.9. The van der Waals surface area contributed by atoms with Crippen LogP contribution in [0.2, 0.25) is 0 Å². The van der Waals surface area contributed by atoms with Crippen molar-refractivity contribution in [1.29, 1.82) is 0 Å². The number of hydrogen-bond donors (Lipinski definition) is 4. The predicted molar refractivity (Wildman–Crippen MR) is 346 cm³/mol. The molecule has 5 rings (SSSR count). The summed E-state index contributed by atoms with van der Waals surface area (Å²) in [4.78, 5) is 0. The standard InChI is InChI=1S/2C29H56O4.C15H30O2/c1-20(2)23(7,8)27(14,33-28(15,18-30)24(20,9)10)17-26(13)22(5,6)21(3,4)25(11,12)32-29(26,16)19-31;1-20(2)22(5,6)26(13,14)32-28(16,24(20,9)10)19-31-29(17)25(11,12)21(3,4)23(7,8)27(15,18-30)33-29;1-11(2)12(3,4)14(7,8)17-15(9,10-16)13(11,5)6/h30-31H,17-19H2,1-16H3;30H,18-19H2,1-17H3;16H,10H2,1-9H3/t26-,27+,28?,29?;27?,28?,29-;/m01./s1. The molecule has 0 aromatic heterocycles. The minimum atomic E-state index is -0.910. The second-order valence-electron chi connectivity index (χ2n) is 38.6. The van der Waals surface area contributed by atoms with E-state index >= 15 is 0 Å². The van der Waals surface area contributed by atoms with Gasteiger partial charge in [0.25, 0.3) is 0 Å². The zero-order chi connectivity index (χ0) is 67.0. The van der Waals surface area contributed by atoms with Crippen molar-refractivity contribution in [3.63, 3.8) is 0 Å². The fourth-order valence-corrected chi connectivity index (χ4v) is 17.4. The van der Waals surface area contributed by atoms with Crippen LogP contribution in [-0.4, -0.2) is 110 Å². The van der Waals surface area contributed by atoms with Gasteiger partial charge in [-0.15, -0.1) is 0 Å². The normalized spacial score (nSPS) is 42.3. The lowest BCUT2D eigenvalue weighted by Gasteiger charge is -2.75. The molecular formula is C73H142O10. The van der Waals surface area contributed by atoms with Gasteiger partial charge < -0.3 is 48.8 Å². The van der Waals surface area contributed by atoms with Gasteiger partial charge in [0.1, 0.15) is 0 Å². The lowest BCUT2D eigenvalue weighted by atomic mass is 9.38. The number of hydrogen-bond acceptors (Lipinski definition) is 10. The van der Waals surface area contributed by atoms with Gasteiger partial charge in [-0.05, 0) is 145 Å². The molecule has 0 saturated carbocycles.